The van der Waals surface area contributed by atoms with Gasteiger partial charge in [0, 0.05) is 19.0 Å². The summed E-state index contributed by atoms with van der Waals surface area (Å²) in [5.74, 6) is 0.148. The largest absolute Gasteiger partial charge is 0.375 e. The van der Waals surface area contributed by atoms with E-state index >= 15 is 0 Å². The molecule has 0 spiro atoms. The van der Waals surface area contributed by atoms with Crippen molar-refractivity contribution >= 4 is 27.3 Å². The normalized spacial score (nSPS) is 12.4. The topological polar surface area (TPSA) is 116 Å². The van der Waals surface area contributed by atoms with E-state index in [4.69, 9.17) is 16.1 Å². The van der Waals surface area contributed by atoms with E-state index in [1.807, 2.05) is 20.8 Å². The first kappa shape index (κ1) is 36.0. The summed E-state index contributed by atoms with van der Waals surface area (Å²) in [6.45, 7) is 7.96. The number of hydrogen-bond acceptors (Lipinski definition) is 6. The maximum absolute atomic E-state index is 13.5. The lowest BCUT2D eigenvalue weighted by atomic mass is 9.91. The van der Waals surface area contributed by atoms with E-state index in [9.17, 15) is 23.3 Å². The molecule has 0 aliphatic carbocycles. The van der Waals surface area contributed by atoms with Crippen molar-refractivity contribution < 1.29 is 17.9 Å². The van der Waals surface area contributed by atoms with Gasteiger partial charge in [0.25, 0.3) is 5.56 Å². The van der Waals surface area contributed by atoms with Gasteiger partial charge in [0.2, 0.25) is 10.0 Å². The summed E-state index contributed by atoms with van der Waals surface area (Å²) in [5, 5.41) is 12.2. The van der Waals surface area contributed by atoms with Gasteiger partial charge in [0.1, 0.15) is 5.76 Å². The molecule has 1 heterocycles. The lowest BCUT2D eigenvalue weighted by Gasteiger charge is -2.18. The standard InChI is InChI=1S/C31H50ClN3O6S/c1-6-7-8-9-10-11-12-13-14-15-16-17-18-19-23-33(5)42(39,40)27-22-20-21-26(28(27)35(37)38)34-30(36)25(24-32)29(41-34)31(2,3)4/h20-22H,6-19,23-24H2,1-5H3. The first-order chi connectivity index (χ1) is 19.9. The Morgan fingerprint density at radius 1 is 0.929 bits per heavy atom. The van der Waals surface area contributed by atoms with E-state index in [2.05, 4.69) is 6.92 Å². The molecule has 0 bridgehead atoms. The summed E-state index contributed by atoms with van der Waals surface area (Å²) >= 11 is 6.01. The first-order valence-corrected chi connectivity index (χ1v) is 17.4. The van der Waals surface area contributed by atoms with Crippen molar-refractivity contribution in [3.63, 3.8) is 0 Å². The molecule has 42 heavy (non-hydrogen) atoms. The molecule has 0 N–H and O–H groups in total. The number of nitrogens with zero attached hydrogens (tertiary/aromatic N) is 3. The second-order valence-electron chi connectivity index (χ2n) is 12.2. The van der Waals surface area contributed by atoms with Crippen LogP contribution in [-0.4, -0.2) is 36.0 Å². The molecule has 0 fully saturated rings. The van der Waals surface area contributed by atoms with Crippen LogP contribution in [0.3, 0.4) is 0 Å². The van der Waals surface area contributed by atoms with E-state index in [0.29, 0.717) is 12.2 Å². The highest BCUT2D eigenvalue weighted by Gasteiger charge is 2.35. The van der Waals surface area contributed by atoms with Crippen molar-refractivity contribution in [3.8, 4) is 5.69 Å². The van der Waals surface area contributed by atoms with E-state index in [1.165, 1.54) is 89.5 Å². The minimum Gasteiger partial charge on any atom is -0.375 e. The lowest BCUT2D eigenvalue weighted by molar-refractivity contribution is -0.387. The highest BCUT2D eigenvalue weighted by molar-refractivity contribution is 7.89. The molecular weight excluding hydrogens is 578 g/mol. The highest BCUT2D eigenvalue weighted by atomic mass is 35.5. The van der Waals surface area contributed by atoms with Crippen molar-refractivity contribution in [1.29, 1.82) is 0 Å². The Morgan fingerprint density at radius 3 is 1.86 bits per heavy atom. The van der Waals surface area contributed by atoms with Crippen LogP contribution < -0.4 is 5.56 Å². The fourth-order valence-electron chi connectivity index (χ4n) is 5.16. The zero-order chi connectivity index (χ0) is 31.3. The van der Waals surface area contributed by atoms with Crippen molar-refractivity contribution in [1.82, 2.24) is 9.05 Å². The third-order valence-corrected chi connectivity index (χ3v) is 9.76. The zero-order valence-electron chi connectivity index (χ0n) is 26.1. The number of benzene rings is 1. The monoisotopic (exact) mass is 627 g/mol. The maximum Gasteiger partial charge on any atom is 0.316 e. The number of sulfonamides is 1. The van der Waals surface area contributed by atoms with Crippen molar-refractivity contribution in [3.05, 3.63) is 50.0 Å². The van der Waals surface area contributed by atoms with Gasteiger partial charge in [-0.1, -0.05) is 117 Å². The van der Waals surface area contributed by atoms with Gasteiger partial charge in [-0.15, -0.1) is 16.3 Å². The maximum atomic E-state index is 13.5. The van der Waals surface area contributed by atoms with Crippen LogP contribution in [0.2, 0.25) is 0 Å². The summed E-state index contributed by atoms with van der Waals surface area (Å²) in [6, 6.07) is 3.88. The summed E-state index contributed by atoms with van der Waals surface area (Å²) < 4.78 is 34.6. The molecule has 238 valence electrons. The number of unbranched alkanes of at least 4 members (excludes halogenated alkanes) is 13. The average Bonchev–Trinajstić information content (AvgIpc) is 3.29. The first-order valence-electron chi connectivity index (χ1n) is 15.4. The van der Waals surface area contributed by atoms with Crippen LogP contribution in [-0.2, 0) is 21.3 Å². The van der Waals surface area contributed by atoms with Crippen LogP contribution in [0.5, 0.6) is 0 Å². The van der Waals surface area contributed by atoms with Crippen LogP contribution in [0.25, 0.3) is 5.69 Å². The molecule has 1 aromatic heterocycles. The summed E-state index contributed by atoms with van der Waals surface area (Å²) in [6.07, 6.45) is 16.7. The molecule has 0 aliphatic heterocycles. The summed E-state index contributed by atoms with van der Waals surface area (Å²) in [7, 11) is -2.78. The molecule has 2 rings (SSSR count). The predicted molar refractivity (Wildman–Crippen MR) is 169 cm³/mol. The smallest absolute Gasteiger partial charge is 0.316 e. The molecule has 0 atom stereocenters. The van der Waals surface area contributed by atoms with E-state index in [0.717, 1.165) is 28.3 Å². The van der Waals surface area contributed by atoms with Gasteiger partial charge in [0.05, 0.1) is 16.4 Å². The van der Waals surface area contributed by atoms with Gasteiger partial charge in [0.15, 0.2) is 10.6 Å². The van der Waals surface area contributed by atoms with Gasteiger partial charge in [-0.05, 0) is 18.6 Å². The molecule has 0 unspecified atom stereocenters. The van der Waals surface area contributed by atoms with Crippen LogP contribution >= 0.6 is 11.6 Å². The Morgan fingerprint density at radius 2 is 1.43 bits per heavy atom. The summed E-state index contributed by atoms with van der Waals surface area (Å²) in [4.78, 5) is 24.0. The molecule has 0 aliphatic rings. The van der Waals surface area contributed by atoms with E-state index in [1.54, 1.807) is 0 Å². The number of hydrogen-bond donors (Lipinski definition) is 0. The van der Waals surface area contributed by atoms with Crippen LogP contribution in [0, 0.1) is 10.1 Å². The number of nitro groups is 1. The number of alkyl halides is 1. The van der Waals surface area contributed by atoms with Gasteiger partial charge in [-0.3, -0.25) is 14.9 Å². The van der Waals surface area contributed by atoms with Crippen molar-refractivity contribution in [2.45, 2.75) is 134 Å². The second kappa shape index (κ2) is 17.2. The Balaban J connectivity index is 1.99. The van der Waals surface area contributed by atoms with Crippen LogP contribution in [0.1, 0.15) is 129 Å². The third-order valence-electron chi connectivity index (χ3n) is 7.61. The Kier molecular flexibility index (Phi) is 14.8. The number of nitro benzene ring substituents is 1. The van der Waals surface area contributed by atoms with Crippen molar-refractivity contribution in [2.75, 3.05) is 13.6 Å². The predicted octanol–water partition coefficient (Wildman–Crippen LogP) is 8.48. The SMILES string of the molecule is CCCCCCCCCCCCCCCCN(C)S(=O)(=O)c1cccc(-n2oc(C(C)(C)C)c(CCl)c2=O)c1[N+](=O)[O-]. The number of rotatable bonds is 20. The molecule has 0 saturated heterocycles. The second-order valence-corrected chi connectivity index (χ2v) is 14.5. The fraction of sp³-hybridized carbons (Fsp3) is 0.710. The van der Waals surface area contributed by atoms with Gasteiger partial charge < -0.3 is 4.52 Å². The average molecular weight is 628 g/mol. The molecule has 2 aromatic rings. The molecule has 1 aromatic carbocycles. The third kappa shape index (κ3) is 9.95. The molecule has 9 nitrogen and oxygen atoms in total. The Bertz CT molecular complexity index is 1300. The van der Waals surface area contributed by atoms with Gasteiger partial charge in [-0.25, -0.2) is 12.7 Å². The molecular formula is C31H50ClN3O6S. The number of halogens is 1. The molecule has 0 amide bonds. The minimum atomic E-state index is -4.20. The van der Waals surface area contributed by atoms with Crippen LogP contribution in [0.15, 0.2) is 32.4 Å². The molecule has 11 heteroatoms. The zero-order valence-corrected chi connectivity index (χ0v) is 27.7. The number of aromatic nitrogens is 1. The van der Waals surface area contributed by atoms with Crippen LogP contribution in [0.4, 0.5) is 5.69 Å². The summed E-state index contributed by atoms with van der Waals surface area (Å²) in [5.41, 5.74) is -2.02. The van der Waals surface area contributed by atoms with Crippen molar-refractivity contribution in [2.24, 2.45) is 0 Å². The molecule has 0 saturated carbocycles. The van der Waals surface area contributed by atoms with E-state index in [-0.39, 0.29) is 23.7 Å². The Labute approximate surface area is 256 Å². The highest BCUT2D eigenvalue weighted by Crippen LogP contribution is 2.34. The van der Waals surface area contributed by atoms with E-state index < -0.39 is 36.5 Å². The van der Waals surface area contributed by atoms with Gasteiger partial charge >= 0.3 is 5.69 Å². The molecule has 0 radical (unpaired) electrons. The minimum absolute atomic E-state index is 0.143. The fourth-order valence-corrected chi connectivity index (χ4v) is 6.77. The van der Waals surface area contributed by atoms with Gasteiger partial charge in [-0.2, -0.15) is 0 Å². The Hall–Kier alpha value is -2.17. The number of para-hydroxylation sites is 1. The quantitative estimate of drug-likeness (QED) is 0.0629. The lowest BCUT2D eigenvalue weighted by Crippen LogP contribution is -2.29.